The van der Waals surface area contributed by atoms with Crippen LogP contribution in [0.4, 0.5) is 9.93 Å². The van der Waals surface area contributed by atoms with Gasteiger partial charge in [-0.25, -0.2) is 4.79 Å². The second-order valence-electron chi connectivity index (χ2n) is 8.11. The van der Waals surface area contributed by atoms with E-state index >= 15 is 0 Å². The quantitative estimate of drug-likeness (QED) is 0.578. The number of carbonyl (C=O) groups is 2. The maximum atomic E-state index is 13.0. The fourth-order valence-corrected chi connectivity index (χ4v) is 3.86. The zero-order valence-electron chi connectivity index (χ0n) is 18.3. The van der Waals surface area contributed by atoms with Crippen LogP contribution in [0, 0.1) is 0 Å². The van der Waals surface area contributed by atoms with E-state index in [0.717, 1.165) is 16.5 Å². The number of carbonyl (C=O) groups excluding carboxylic acids is 2. The Kier molecular flexibility index (Phi) is 6.91. The van der Waals surface area contributed by atoms with Crippen LogP contribution in [0.3, 0.4) is 0 Å². The average Bonchev–Trinajstić information content (AvgIpc) is 3.25. The molecule has 2 amide bonds. The average molecular weight is 446 g/mol. The van der Waals surface area contributed by atoms with Crippen molar-refractivity contribution in [2.75, 3.05) is 12.4 Å². The van der Waals surface area contributed by atoms with Gasteiger partial charge in [-0.15, -0.1) is 10.2 Å². The molecule has 0 aliphatic rings. The highest BCUT2D eigenvalue weighted by atomic mass is 32.1. The molecule has 9 nitrogen and oxygen atoms in total. The molecule has 3 rings (SSSR count). The third kappa shape index (κ3) is 6.02. The molecule has 0 aliphatic carbocycles. The fourth-order valence-electron chi connectivity index (χ4n) is 3.15. The summed E-state index contributed by atoms with van der Waals surface area (Å²) in [6.45, 7) is 5.62. The number of nitrogens with zero attached hydrogens (tertiary/aromatic N) is 3. The third-order valence-corrected chi connectivity index (χ3v) is 5.19. The van der Waals surface area contributed by atoms with E-state index in [2.05, 4.69) is 20.8 Å². The molecule has 0 saturated carbocycles. The summed E-state index contributed by atoms with van der Waals surface area (Å²) in [7, 11) is 3.51. The molecule has 1 unspecified atom stereocenters. The van der Waals surface area contributed by atoms with Crippen molar-refractivity contribution in [1.82, 2.24) is 20.1 Å². The second-order valence-corrected chi connectivity index (χ2v) is 9.17. The molecule has 0 aliphatic heterocycles. The molecule has 2 aromatic heterocycles. The fraction of sp³-hybridized carbons (Fsp3) is 0.429. The highest BCUT2D eigenvalue weighted by Gasteiger charge is 2.26. The number of hydrogen-bond acceptors (Lipinski definition) is 7. The topological polar surface area (TPSA) is 107 Å². The van der Waals surface area contributed by atoms with Crippen LogP contribution < -0.4 is 10.6 Å². The number of anilines is 1. The van der Waals surface area contributed by atoms with Crippen LogP contribution in [0.2, 0.25) is 0 Å². The Balaban J connectivity index is 1.82. The number of aromatic nitrogens is 3. The first kappa shape index (κ1) is 22.7. The summed E-state index contributed by atoms with van der Waals surface area (Å²) in [6, 6.07) is 7.04. The Labute approximate surface area is 184 Å². The minimum atomic E-state index is -0.865. The van der Waals surface area contributed by atoms with E-state index in [9.17, 15) is 9.59 Å². The molecule has 0 bridgehead atoms. The summed E-state index contributed by atoms with van der Waals surface area (Å²) >= 11 is 1.22. The summed E-state index contributed by atoms with van der Waals surface area (Å²) in [5.74, 6) is -0.404. The van der Waals surface area contributed by atoms with Crippen LogP contribution in [0.1, 0.15) is 31.3 Å². The summed E-state index contributed by atoms with van der Waals surface area (Å²) in [6.07, 6.45) is 1.59. The molecule has 0 radical (unpaired) electrons. The summed E-state index contributed by atoms with van der Waals surface area (Å²) < 4.78 is 12.4. The molecule has 3 aromatic rings. The Bertz CT molecular complexity index is 1070. The van der Waals surface area contributed by atoms with E-state index in [1.165, 1.54) is 11.3 Å². The smallest absolute Gasteiger partial charge is 0.408 e. The van der Waals surface area contributed by atoms with Gasteiger partial charge >= 0.3 is 6.09 Å². The summed E-state index contributed by atoms with van der Waals surface area (Å²) in [4.78, 5) is 25.5. The number of nitrogens with one attached hydrogen (secondary N) is 2. The number of rotatable bonds is 7. The van der Waals surface area contributed by atoms with E-state index in [0.29, 0.717) is 16.7 Å². The molecule has 2 N–H and O–H groups in total. The number of methoxy groups -OCH3 is 1. The van der Waals surface area contributed by atoms with E-state index in [4.69, 9.17) is 9.47 Å². The normalized spacial score (nSPS) is 12.5. The largest absolute Gasteiger partial charge is 0.444 e. The van der Waals surface area contributed by atoms with Crippen molar-refractivity contribution >= 4 is 39.4 Å². The lowest BCUT2D eigenvalue weighted by Gasteiger charge is -2.23. The maximum Gasteiger partial charge on any atom is 0.408 e. The highest BCUT2D eigenvalue weighted by Crippen LogP contribution is 2.23. The minimum Gasteiger partial charge on any atom is -0.444 e. The monoisotopic (exact) mass is 445 g/mol. The lowest BCUT2D eigenvalue weighted by atomic mass is 10.0. The number of ether oxygens (including phenoxy) is 2. The van der Waals surface area contributed by atoms with Crippen LogP contribution in [-0.4, -0.2) is 45.5 Å². The Morgan fingerprint density at radius 2 is 1.97 bits per heavy atom. The molecule has 0 spiro atoms. The van der Waals surface area contributed by atoms with Gasteiger partial charge in [-0.05, 0) is 32.4 Å². The maximum absolute atomic E-state index is 13.0. The van der Waals surface area contributed by atoms with Gasteiger partial charge in [0.1, 0.15) is 23.3 Å². The van der Waals surface area contributed by atoms with Crippen molar-refractivity contribution in [1.29, 1.82) is 0 Å². The zero-order valence-corrected chi connectivity index (χ0v) is 19.1. The standard InChI is InChI=1S/C21H27N5O4S/c1-21(2,3)30-20(28)22-15(18(27)23-19-25-24-17(31-19)12-29-5)10-13-11-26(4)16-9-7-6-8-14(13)16/h6-9,11,15H,10,12H2,1-5H3,(H,22,28)(H,23,25,27). The molecule has 0 fully saturated rings. The molecule has 2 heterocycles. The highest BCUT2D eigenvalue weighted by molar-refractivity contribution is 7.15. The molecule has 166 valence electrons. The van der Waals surface area contributed by atoms with Crippen LogP contribution in [0.25, 0.3) is 10.9 Å². The van der Waals surface area contributed by atoms with E-state index in [1.807, 2.05) is 42.1 Å². The summed E-state index contributed by atoms with van der Waals surface area (Å²) in [5, 5.41) is 15.4. The van der Waals surface area contributed by atoms with E-state index in [-0.39, 0.29) is 6.42 Å². The lowest BCUT2D eigenvalue weighted by molar-refractivity contribution is -0.118. The van der Waals surface area contributed by atoms with Crippen LogP contribution in [0.5, 0.6) is 0 Å². The van der Waals surface area contributed by atoms with Crippen LogP contribution in [0.15, 0.2) is 30.5 Å². The minimum absolute atomic E-state index is 0.288. The van der Waals surface area contributed by atoms with Gasteiger partial charge in [0, 0.05) is 37.7 Å². The first-order chi connectivity index (χ1) is 14.7. The first-order valence-corrected chi connectivity index (χ1v) is 10.6. The number of aryl methyl sites for hydroxylation is 1. The molecule has 0 saturated heterocycles. The Morgan fingerprint density at radius 1 is 1.23 bits per heavy atom. The van der Waals surface area contributed by atoms with Gasteiger partial charge in [-0.1, -0.05) is 29.5 Å². The number of alkyl carbamates (subject to hydrolysis) is 1. The van der Waals surface area contributed by atoms with Gasteiger partial charge in [-0.3, -0.25) is 10.1 Å². The van der Waals surface area contributed by atoms with Crippen molar-refractivity contribution in [2.45, 2.75) is 45.4 Å². The van der Waals surface area contributed by atoms with Crippen LogP contribution >= 0.6 is 11.3 Å². The van der Waals surface area contributed by atoms with Gasteiger partial charge in [-0.2, -0.15) is 0 Å². The summed E-state index contributed by atoms with van der Waals surface area (Å²) in [5.41, 5.74) is 1.30. The van der Waals surface area contributed by atoms with Gasteiger partial charge in [0.05, 0.1) is 0 Å². The number of hydrogen-bond donors (Lipinski definition) is 2. The van der Waals surface area contributed by atoms with Gasteiger partial charge < -0.3 is 19.4 Å². The van der Waals surface area contributed by atoms with Gasteiger partial charge in [0.25, 0.3) is 0 Å². The van der Waals surface area contributed by atoms with Crippen molar-refractivity contribution in [3.05, 3.63) is 41.0 Å². The molecule has 10 heteroatoms. The van der Waals surface area contributed by atoms with E-state index < -0.39 is 23.6 Å². The molecular weight excluding hydrogens is 418 g/mol. The number of fused-ring (bicyclic) bond motifs is 1. The SMILES string of the molecule is COCc1nnc(NC(=O)C(Cc2cn(C)c3ccccc23)NC(=O)OC(C)(C)C)s1. The van der Waals surface area contributed by atoms with Gasteiger partial charge in [0.2, 0.25) is 11.0 Å². The van der Waals surface area contributed by atoms with Crippen molar-refractivity contribution in [3.63, 3.8) is 0 Å². The molecule has 31 heavy (non-hydrogen) atoms. The molecular formula is C21H27N5O4S. The number of amides is 2. The molecule has 1 atom stereocenters. The number of para-hydroxylation sites is 1. The number of benzene rings is 1. The van der Waals surface area contributed by atoms with E-state index in [1.54, 1.807) is 27.9 Å². The second kappa shape index (κ2) is 9.44. The van der Waals surface area contributed by atoms with Gasteiger partial charge in [0.15, 0.2) is 0 Å². The first-order valence-electron chi connectivity index (χ1n) is 9.81. The third-order valence-electron chi connectivity index (χ3n) is 4.38. The van der Waals surface area contributed by atoms with Crippen LogP contribution in [-0.2, 0) is 34.3 Å². The van der Waals surface area contributed by atoms with Crippen molar-refractivity contribution in [3.8, 4) is 0 Å². The lowest BCUT2D eigenvalue weighted by Crippen LogP contribution is -2.47. The Morgan fingerprint density at radius 3 is 2.68 bits per heavy atom. The predicted octanol–water partition coefficient (Wildman–Crippen LogP) is 3.25. The zero-order chi connectivity index (χ0) is 22.6. The van der Waals surface area contributed by atoms with Crippen molar-refractivity contribution in [2.24, 2.45) is 7.05 Å². The predicted molar refractivity (Wildman–Crippen MR) is 119 cm³/mol. The van der Waals surface area contributed by atoms with Crippen molar-refractivity contribution < 1.29 is 19.1 Å². The molecule has 1 aromatic carbocycles. The Hall–Kier alpha value is -2.98.